The summed E-state index contributed by atoms with van der Waals surface area (Å²) < 4.78 is 0. The summed E-state index contributed by atoms with van der Waals surface area (Å²) in [5.41, 5.74) is 11.9. The van der Waals surface area contributed by atoms with Crippen molar-refractivity contribution >= 4 is 29.6 Å². The third kappa shape index (κ3) is 11.2. The Hall–Kier alpha value is -4.65. The van der Waals surface area contributed by atoms with E-state index in [1.807, 2.05) is 13.8 Å². The van der Waals surface area contributed by atoms with E-state index in [0.717, 1.165) is 0 Å². The Balaban J connectivity index is 2.28. The van der Waals surface area contributed by atoms with Crippen LogP contribution in [0.4, 0.5) is 0 Å². The van der Waals surface area contributed by atoms with E-state index in [1.54, 1.807) is 12.1 Å². The standard InChI is InChI=1S/C28H37N5O8/c1-15(2)11-21(31-25(37)20(29)14-24(30)36)26(38)32-22(12-16-3-7-18(34)8-4-16)27(39)33-23(28(40)41)13-17-5-9-19(35)10-6-17/h3-10,15,20-23,34-35H,11-14,29H2,1-2H3,(H2,30,36)(H,31,37)(H,32,38)(H,33,39)(H,40,41). The maximum atomic E-state index is 13.4. The molecule has 41 heavy (non-hydrogen) atoms. The number of nitrogens with two attached hydrogens (primary N) is 2. The number of hydrogen-bond donors (Lipinski definition) is 8. The van der Waals surface area contributed by atoms with E-state index in [2.05, 4.69) is 16.0 Å². The van der Waals surface area contributed by atoms with Gasteiger partial charge in [0.2, 0.25) is 23.6 Å². The molecule has 10 N–H and O–H groups in total. The first-order valence-corrected chi connectivity index (χ1v) is 13.0. The number of phenolic OH excluding ortho intramolecular Hbond substituents is 2. The van der Waals surface area contributed by atoms with Crippen molar-refractivity contribution in [1.82, 2.24) is 16.0 Å². The average Bonchev–Trinajstić information content (AvgIpc) is 2.89. The van der Waals surface area contributed by atoms with Crippen molar-refractivity contribution in [2.24, 2.45) is 17.4 Å². The molecule has 4 unspecified atom stereocenters. The van der Waals surface area contributed by atoms with Gasteiger partial charge in [-0.3, -0.25) is 19.2 Å². The molecule has 13 nitrogen and oxygen atoms in total. The number of primary amides is 1. The summed E-state index contributed by atoms with van der Waals surface area (Å²) in [6.07, 6.45) is -0.406. The molecule has 0 aromatic heterocycles. The van der Waals surface area contributed by atoms with Crippen molar-refractivity contribution in [3.05, 3.63) is 59.7 Å². The number of carbonyl (C=O) groups is 5. The molecule has 0 radical (unpaired) electrons. The number of benzene rings is 2. The molecular weight excluding hydrogens is 534 g/mol. The molecule has 0 saturated heterocycles. The van der Waals surface area contributed by atoms with Crippen molar-refractivity contribution in [3.8, 4) is 11.5 Å². The summed E-state index contributed by atoms with van der Waals surface area (Å²) in [4.78, 5) is 62.4. The summed E-state index contributed by atoms with van der Waals surface area (Å²) in [5.74, 6) is -4.46. The second-order valence-electron chi connectivity index (χ2n) is 10.2. The molecular formula is C28H37N5O8. The Labute approximate surface area is 237 Å². The van der Waals surface area contributed by atoms with E-state index >= 15 is 0 Å². The minimum absolute atomic E-state index is 0.0000363. The number of phenols is 2. The Kier molecular flexibility index (Phi) is 12.1. The number of aliphatic carboxylic acids is 1. The molecule has 0 aliphatic rings. The Morgan fingerprint density at radius 1 is 0.707 bits per heavy atom. The summed E-state index contributed by atoms with van der Waals surface area (Å²) in [6, 6.07) is 6.70. The third-order valence-corrected chi connectivity index (χ3v) is 6.10. The van der Waals surface area contributed by atoms with Gasteiger partial charge in [-0.15, -0.1) is 0 Å². The molecule has 4 amide bonds. The van der Waals surface area contributed by atoms with Gasteiger partial charge in [0.25, 0.3) is 0 Å². The number of amides is 4. The highest BCUT2D eigenvalue weighted by atomic mass is 16.4. The maximum Gasteiger partial charge on any atom is 0.326 e. The van der Waals surface area contributed by atoms with Crippen LogP contribution in [-0.4, -0.2) is 69.1 Å². The number of rotatable bonds is 15. The van der Waals surface area contributed by atoms with Crippen LogP contribution in [0.2, 0.25) is 0 Å². The number of nitrogens with one attached hydrogen (secondary N) is 3. The molecule has 222 valence electrons. The number of carboxylic acid groups (broad SMARTS) is 1. The predicted molar refractivity (Wildman–Crippen MR) is 148 cm³/mol. The summed E-state index contributed by atoms with van der Waals surface area (Å²) in [5, 5.41) is 36.4. The van der Waals surface area contributed by atoms with Crippen LogP contribution in [0.1, 0.15) is 37.8 Å². The second-order valence-corrected chi connectivity index (χ2v) is 10.2. The zero-order chi connectivity index (χ0) is 30.7. The minimum atomic E-state index is -1.36. The Bertz CT molecular complexity index is 1220. The van der Waals surface area contributed by atoms with Crippen LogP contribution < -0.4 is 27.4 Å². The van der Waals surface area contributed by atoms with Crippen LogP contribution in [0.15, 0.2) is 48.5 Å². The van der Waals surface area contributed by atoms with Gasteiger partial charge in [0.15, 0.2) is 0 Å². The van der Waals surface area contributed by atoms with Crippen LogP contribution in [-0.2, 0) is 36.8 Å². The van der Waals surface area contributed by atoms with E-state index in [1.165, 1.54) is 36.4 Å². The minimum Gasteiger partial charge on any atom is -0.508 e. The van der Waals surface area contributed by atoms with Gasteiger partial charge in [-0.25, -0.2) is 4.79 Å². The van der Waals surface area contributed by atoms with Crippen molar-refractivity contribution in [2.75, 3.05) is 0 Å². The SMILES string of the molecule is CC(C)CC(NC(=O)C(N)CC(N)=O)C(=O)NC(Cc1ccc(O)cc1)C(=O)NC(Cc1ccc(O)cc1)C(=O)O. The van der Waals surface area contributed by atoms with Crippen LogP contribution >= 0.6 is 0 Å². The van der Waals surface area contributed by atoms with Crippen LogP contribution in [0.5, 0.6) is 11.5 Å². The maximum absolute atomic E-state index is 13.4. The molecule has 13 heteroatoms. The molecule has 0 aliphatic carbocycles. The quantitative estimate of drug-likeness (QED) is 0.140. The van der Waals surface area contributed by atoms with Crippen molar-refractivity contribution in [1.29, 1.82) is 0 Å². The van der Waals surface area contributed by atoms with Gasteiger partial charge in [-0.05, 0) is 47.7 Å². The molecule has 2 aromatic carbocycles. The summed E-state index contributed by atoms with van der Waals surface area (Å²) >= 11 is 0. The molecule has 0 aliphatic heterocycles. The van der Waals surface area contributed by atoms with Crippen molar-refractivity contribution in [3.63, 3.8) is 0 Å². The molecule has 4 atom stereocenters. The Morgan fingerprint density at radius 2 is 1.12 bits per heavy atom. The second kappa shape index (κ2) is 15.2. The van der Waals surface area contributed by atoms with Crippen molar-refractivity contribution in [2.45, 2.75) is 63.7 Å². The molecule has 2 rings (SSSR count). The lowest BCUT2D eigenvalue weighted by atomic mass is 10.00. The first-order valence-electron chi connectivity index (χ1n) is 13.0. The largest absolute Gasteiger partial charge is 0.508 e. The number of carbonyl (C=O) groups excluding carboxylic acids is 4. The van der Waals surface area contributed by atoms with E-state index in [9.17, 15) is 39.3 Å². The normalized spacial score (nSPS) is 13.9. The van der Waals surface area contributed by atoms with Gasteiger partial charge >= 0.3 is 5.97 Å². The first-order chi connectivity index (χ1) is 19.2. The lowest BCUT2D eigenvalue weighted by Crippen LogP contribution is -2.58. The van der Waals surface area contributed by atoms with Gasteiger partial charge in [0, 0.05) is 12.8 Å². The number of aromatic hydroxyl groups is 2. The molecule has 2 aromatic rings. The smallest absolute Gasteiger partial charge is 0.326 e. The number of carboxylic acids is 1. The lowest BCUT2D eigenvalue weighted by molar-refractivity contribution is -0.142. The average molecular weight is 572 g/mol. The highest BCUT2D eigenvalue weighted by molar-refractivity contribution is 5.95. The fraction of sp³-hybridized carbons (Fsp3) is 0.393. The molecule has 0 spiro atoms. The third-order valence-electron chi connectivity index (χ3n) is 6.10. The highest BCUT2D eigenvalue weighted by Crippen LogP contribution is 2.14. The van der Waals surface area contributed by atoms with Crippen molar-refractivity contribution < 1.29 is 39.3 Å². The topological polar surface area (TPSA) is 234 Å². The summed E-state index contributed by atoms with van der Waals surface area (Å²) in [7, 11) is 0. The number of hydrogen-bond acceptors (Lipinski definition) is 8. The van der Waals surface area contributed by atoms with Crippen LogP contribution in [0, 0.1) is 5.92 Å². The zero-order valence-corrected chi connectivity index (χ0v) is 22.9. The Morgan fingerprint density at radius 3 is 1.56 bits per heavy atom. The zero-order valence-electron chi connectivity index (χ0n) is 22.9. The fourth-order valence-electron chi connectivity index (χ4n) is 3.98. The van der Waals surface area contributed by atoms with E-state index in [-0.39, 0.29) is 36.7 Å². The molecule has 0 fully saturated rings. The van der Waals surface area contributed by atoms with Gasteiger partial charge in [-0.1, -0.05) is 38.1 Å². The van der Waals surface area contributed by atoms with Crippen LogP contribution in [0.25, 0.3) is 0 Å². The predicted octanol–water partition coefficient (Wildman–Crippen LogP) is -0.329. The van der Waals surface area contributed by atoms with E-state index in [0.29, 0.717) is 11.1 Å². The molecule has 0 saturated carbocycles. The molecule has 0 heterocycles. The van der Waals surface area contributed by atoms with E-state index < -0.39 is 60.2 Å². The van der Waals surface area contributed by atoms with Gasteiger partial charge in [-0.2, -0.15) is 0 Å². The molecule has 0 bridgehead atoms. The summed E-state index contributed by atoms with van der Waals surface area (Å²) in [6.45, 7) is 3.63. The lowest BCUT2D eigenvalue weighted by Gasteiger charge is -2.26. The van der Waals surface area contributed by atoms with Gasteiger partial charge in [0.1, 0.15) is 29.6 Å². The highest BCUT2D eigenvalue weighted by Gasteiger charge is 2.31. The first kappa shape index (κ1) is 32.6. The monoisotopic (exact) mass is 571 g/mol. The van der Waals surface area contributed by atoms with E-state index in [4.69, 9.17) is 11.5 Å². The van der Waals surface area contributed by atoms with Gasteiger partial charge in [0.05, 0.1) is 12.5 Å². The fourth-order valence-corrected chi connectivity index (χ4v) is 3.98. The van der Waals surface area contributed by atoms with Crippen LogP contribution in [0.3, 0.4) is 0 Å². The van der Waals surface area contributed by atoms with Gasteiger partial charge < -0.3 is 42.7 Å².